The molecule has 3 aromatic rings. The van der Waals surface area contributed by atoms with Crippen LogP contribution in [0.25, 0.3) is 11.4 Å². The smallest absolute Gasteiger partial charge is 0.471 e. The summed E-state index contributed by atoms with van der Waals surface area (Å²) in [6.07, 6.45) is -3.76. The normalized spacial score (nSPS) is 16.6. The van der Waals surface area contributed by atoms with Gasteiger partial charge in [-0.15, -0.1) is 0 Å². The molecule has 0 spiro atoms. The molecule has 156 valence electrons. The molecule has 1 saturated heterocycles. The zero-order valence-electron chi connectivity index (χ0n) is 15.8. The molecule has 4 rings (SSSR count). The van der Waals surface area contributed by atoms with Gasteiger partial charge in [-0.05, 0) is 29.8 Å². The van der Waals surface area contributed by atoms with Crippen molar-refractivity contribution >= 4 is 5.91 Å². The molecule has 9 heteroatoms. The first-order valence-corrected chi connectivity index (χ1v) is 9.38. The van der Waals surface area contributed by atoms with E-state index < -0.39 is 12.1 Å². The van der Waals surface area contributed by atoms with Crippen LogP contribution >= 0.6 is 0 Å². The standard InChI is InChI=1S/C21H18F3N3O3/c22-21(23,24)20-25-19(26-30-20)15-6-8-16(9-7-15)29-17-10-11-27(13-17)18(28)12-14-4-2-1-3-5-14/h1-9,17H,10-13H2/t17-/m0/s1. The Kier molecular flexibility index (Phi) is 5.43. The molecule has 0 unspecified atom stereocenters. The van der Waals surface area contributed by atoms with Gasteiger partial charge in [-0.25, -0.2) is 0 Å². The van der Waals surface area contributed by atoms with Gasteiger partial charge < -0.3 is 14.2 Å². The SMILES string of the molecule is O=C(Cc1ccccc1)N1CC[C@H](Oc2ccc(-c3noc(C(F)(F)F)n3)cc2)C1. The fourth-order valence-electron chi connectivity index (χ4n) is 3.26. The van der Waals surface area contributed by atoms with Gasteiger partial charge in [0.05, 0.1) is 13.0 Å². The van der Waals surface area contributed by atoms with Gasteiger partial charge in [-0.3, -0.25) is 4.79 Å². The number of nitrogens with zero attached hydrogens (tertiary/aromatic N) is 3. The van der Waals surface area contributed by atoms with Crippen LogP contribution in [0.5, 0.6) is 5.75 Å². The Morgan fingerprint density at radius 2 is 1.87 bits per heavy atom. The third-order valence-corrected chi connectivity index (χ3v) is 4.78. The van der Waals surface area contributed by atoms with E-state index in [1.54, 1.807) is 29.2 Å². The van der Waals surface area contributed by atoms with Crippen molar-refractivity contribution in [2.45, 2.75) is 25.1 Å². The Morgan fingerprint density at radius 1 is 1.13 bits per heavy atom. The molecule has 2 aromatic carbocycles. The molecule has 1 fully saturated rings. The molecule has 1 aliphatic heterocycles. The number of aromatic nitrogens is 2. The summed E-state index contributed by atoms with van der Waals surface area (Å²) in [5.74, 6) is -0.919. The van der Waals surface area contributed by atoms with Gasteiger partial charge in [0.1, 0.15) is 11.9 Å². The van der Waals surface area contributed by atoms with Crippen molar-refractivity contribution in [1.82, 2.24) is 15.0 Å². The first-order chi connectivity index (χ1) is 14.4. The summed E-state index contributed by atoms with van der Waals surface area (Å²) in [5, 5.41) is 3.36. The highest BCUT2D eigenvalue weighted by molar-refractivity contribution is 5.79. The minimum Gasteiger partial charge on any atom is -0.489 e. The Labute approximate surface area is 170 Å². The van der Waals surface area contributed by atoms with Gasteiger partial charge in [0.25, 0.3) is 0 Å². The number of halogens is 3. The van der Waals surface area contributed by atoms with Crippen molar-refractivity contribution in [1.29, 1.82) is 0 Å². The molecule has 1 amide bonds. The highest BCUT2D eigenvalue weighted by Gasteiger charge is 2.38. The predicted molar refractivity (Wildman–Crippen MR) is 100 cm³/mol. The van der Waals surface area contributed by atoms with Crippen LogP contribution in [0.1, 0.15) is 17.9 Å². The summed E-state index contributed by atoms with van der Waals surface area (Å²) in [6, 6.07) is 16.0. The molecule has 0 N–H and O–H groups in total. The number of hydrogen-bond acceptors (Lipinski definition) is 5. The second-order valence-corrected chi connectivity index (χ2v) is 6.98. The lowest BCUT2D eigenvalue weighted by Crippen LogP contribution is -2.32. The van der Waals surface area contributed by atoms with Gasteiger partial charge in [0, 0.05) is 18.5 Å². The van der Waals surface area contributed by atoms with Crippen molar-refractivity contribution in [3.8, 4) is 17.1 Å². The lowest BCUT2D eigenvalue weighted by molar-refractivity contribution is -0.159. The monoisotopic (exact) mass is 417 g/mol. The number of alkyl halides is 3. The average molecular weight is 417 g/mol. The number of amides is 1. The van der Waals surface area contributed by atoms with Crippen LogP contribution in [0.4, 0.5) is 13.2 Å². The van der Waals surface area contributed by atoms with Crippen LogP contribution in [0, 0.1) is 0 Å². The molecule has 0 bridgehead atoms. The van der Waals surface area contributed by atoms with Gasteiger partial charge in [-0.2, -0.15) is 18.2 Å². The predicted octanol–water partition coefficient (Wildman–Crippen LogP) is 3.98. The molecule has 1 atom stereocenters. The molecule has 30 heavy (non-hydrogen) atoms. The molecule has 6 nitrogen and oxygen atoms in total. The molecule has 0 saturated carbocycles. The van der Waals surface area contributed by atoms with Gasteiger partial charge in [0.2, 0.25) is 11.7 Å². The summed E-state index contributed by atoms with van der Waals surface area (Å²) in [6.45, 7) is 1.12. The molecule has 1 aliphatic rings. The Morgan fingerprint density at radius 3 is 2.53 bits per heavy atom. The zero-order valence-corrected chi connectivity index (χ0v) is 15.8. The van der Waals surface area contributed by atoms with Crippen LogP contribution in [0.15, 0.2) is 59.1 Å². The van der Waals surface area contributed by atoms with E-state index in [0.29, 0.717) is 37.2 Å². The number of carbonyl (C=O) groups is 1. The van der Waals surface area contributed by atoms with Crippen LogP contribution in [0.3, 0.4) is 0 Å². The van der Waals surface area contributed by atoms with Crippen molar-refractivity contribution in [2.24, 2.45) is 0 Å². The third-order valence-electron chi connectivity index (χ3n) is 4.78. The highest BCUT2D eigenvalue weighted by atomic mass is 19.4. The second-order valence-electron chi connectivity index (χ2n) is 6.98. The Bertz CT molecular complexity index is 1000. The molecule has 0 aliphatic carbocycles. The van der Waals surface area contributed by atoms with Crippen molar-refractivity contribution in [3.63, 3.8) is 0 Å². The topological polar surface area (TPSA) is 68.5 Å². The number of rotatable bonds is 5. The fourth-order valence-corrected chi connectivity index (χ4v) is 3.26. The van der Waals surface area contributed by atoms with Crippen molar-refractivity contribution in [3.05, 3.63) is 66.1 Å². The van der Waals surface area contributed by atoms with Crippen LogP contribution in [-0.4, -0.2) is 40.1 Å². The Hall–Kier alpha value is -3.36. The van der Waals surface area contributed by atoms with Crippen LogP contribution in [-0.2, 0) is 17.4 Å². The summed E-state index contributed by atoms with van der Waals surface area (Å²) in [4.78, 5) is 17.6. The fraction of sp³-hybridized carbons (Fsp3) is 0.286. The number of likely N-dealkylation sites (tertiary alicyclic amines) is 1. The minimum absolute atomic E-state index is 0.0558. The molecular weight excluding hydrogens is 399 g/mol. The number of hydrogen-bond donors (Lipinski definition) is 0. The molecule has 1 aromatic heterocycles. The maximum absolute atomic E-state index is 12.6. The maximum atomic E-state index is 12.6. The summed E-state index contributed by atoms with van der Waals surface area (Å²) >= 11 is 0. The third kappa shape index (κ3) is 4.61. The molecule has 2 heterocycles. The first-order valence-electron chi connectivity index (χ1n) is 9.38. The minimum atomic E-state index is -4.68. The van der Waals surface area contributed by atoms with Crippen LogP contribution < -0.4 is 4.74 Å². The van der Waals surface area contributed by atoms with E-state index in [-0.39, 0.29) is 17.8 Å². The quantitative estimate of drug-likeness (QED) is 0.628. The Balaban J connectivity index is 1.33. The number of ether oxygens (including phenoxy) is 1. The summed E-state index contributed by atoms with van der Waals surface area (Å²) in [7, 11) is 0. The first kappa shape index (κ1) is 19.9. The van der Waals surface area contributed by atoms with E-state index in [1.807, 2.05) is 30.3 Å². The van der Waals surface area contributed by atoms with E-state index in [0.717, 1.165) is 5.56 Å². The zero-order chi connectivity index (χ0) is 21.1. The second kappa shape index (κ2) is 8.17. The van der Waals surface area contributed by atoms with E-state index in [1.165, 1.54) is 0 Å². The maximum Gasteiger partial charge on any atom is 0.471 e. The van der Waals surface area contributed by atoms with E-state index >= 15 is 0 Å². The lowest BCUT2D eigenvalue weighted by Gasteiger charge is -2.17. The van der Waals surface area contributed by atoms with Crippen molar-refractivity contribution < 1.29 is 27.2 Å². The number of carbonyl (C=O) groups excluding carboxylic acids is 1. The summed E-state index contributed by atoms with van der Waals surface area (Å²) in [5.41, 5.74) is 1.35. The number of benzene rings is 2. The lowest BCUT2D eigenvalue weighted by atomic mass is 10.1. The van der Waals surface area contributed by atoms with E-state index in [4.69, 9.17) is 4.74 Å². The van der Waals surface area contributed by atoms with Gasteiger partial charge in [-0.1, -0.05) is 35.5 Å². The van der Waals surface area contributed by atoms with Crippen molar-refractivity contribution in [2.75, 3.05) is 13.1 Å². The molecular formula is C21H18F3N3O3. The van der Waals surface area contributed by atoms with E-state index in [9.17, 15) is 18.0 Å². The average Bonchev–Trinajstić information content (AvgIpc) is 3.39. The van der Waals surface area contributed by atoms with E-state index in [2.05, 4.69) is 14.7 Å². The van der Waals surface area contributed by atoms with Gasteiger partial charge in [0.15, 0.2) is 0 Å². The molecule has 0 radical (unpaired) electrons. The summed E-state index contributed by atoms with van der Waals surface area (Å²) < 4.78 is 47.9. The highest BCUT2D eigenvalue weighted by Crippen LogP contribution is 2.30. The largest absolute Gasteiger partial charge is 0.489 e. The van der Waals surface area contributed by atoms with Crippen LogP contribution in [0.2, 0.25) is 0 Å². The van der Waals surface area contributed by atoms with Gasteiger partial charge >= 0.3 is 12.1 Å².